The number of aromatic amines is 1. The van der Waals surface area contributed by atoms with E-state index in [4.69, 9.17) is 4.74 Å². The number of benzene rings is 2. The van der Waals surface area contributed by atoms with Gasteiger partial charge in [-0.3, -0.25) is 4.79 Å². The first-order valence-corrected chi connectivity index (χ1v) is 9.84. The SMILES string of the molecule is O=C(NCc1ncc[nH]1)C1(Cc2cccc(-c3ccc(F)cc3)c2)CCOCC1. The van der Waals surface area contributed by atoms with Crippen LogP contribution in [0.2, 0.25) is 0 Å². The van der Waals surface area contributed by atoms with Crippen molar-refractivity contribution in [3.05, 3.63) is 78.1 Å². The van der Waals surface area contributed by atoms with Crippen LogP contribution in [0.3, 0.4) is 0 Å². The maximum Gasteiger partial charge on any atom is 0.227 e. The van der Waals surface area contributed by atoms with Crippen molar-refractivity contribution in [2.24, 2.45) is 5.41 Å². The molecule has 4 rings (SSSR count). The van der Waals surface area contributed by atoms with E-state index in [1.807, 2.05) is 18.2 Å². The van der Waals surface area contributed by atoms with Gasteiger partial charge in [-0.1, -0.05) is 36.4 Å². The lowest BCUT2D eigenvalue weighted by atomic mass is 9.74. The fourth-order valence-electron chi connectivity index (χ4n) is 3.89. The highest BCUT2D eigenvalue weighted by molar-refractivity contribution is 5.83. The van der Waals surface area contributed by atoms with Crippen LogP contribution in [0.15, 0.2) is 60.9 Å². The van der Waals surface area contributed by atoms with Gasteiger partial charge in [0.05, 0.1) is 12.0 Å². The highest BCUT2D eigenvalue weighted by atomic mass is 19.1. The van der Waals surface area contributed by atoms with Gasteiger partial charge in [0.1, 0.15) is 11.6 Å². The number of hydrogen-bond donors (Lipinski definition) is 2. The fourth-order valence-corrected chi connectivity index (χ4v) is 3.89. The lowest BCUT2D eigenvalue weighted by molar-refractivity contribution is -0.136. The molecule has 29 heavy (non-hydrogen) atoms. The number of rotatable bonds is 6. The molecule has 0 bridgehead atoms. The average Bonchev–Trinajstić information content (AvgIpc) is 3.27. The van der Waals surface area contributed by atoms with E-state index in [-0.39, 0.29) is 11.7 Å². The summed E-state index contributed by atoms with van der Waals surface area (Å²) in [6.07, 6.45) is 5.41. The van der Waals surface area contributed by atoms with Crippen LogP contribution in [0.25, 0.3) is 11.1 Å². The highest BCUT2D eigenvalue weighted by Crippen LogP contribution is 2.35. The van der Waals surface area contributed by atoms with Crippen molar-refractivity contribution >= 4 is 5.91 Å². The monoisotopic (exact) mass is 393 g/mol. The van der Waals surface area contributed by atoms with Gasteiger partial charge in [-0.2, -0.15) is 0 Å². The molecule has 2 heterocycles. The van der Waals surface area contributed by atoms with Gasteiger partial charge in [0, 0.05) is 25.6 Å². The van der Waals surface area contributed by atoms with Crippen LogP contribution in [0.4, 0.5) is 4.39 Å². The van der Waals surface area contributed by atoms with Crippen molar-refractivity contribution in [2.75, 3.05) is 13.2 Å². The van der Waals surface area contributed by atoms with Crippen LogP contribution in [-0.4, -0.2) is 29.1 Å². The lowest BCUT2D eigenvalue weighted by Gasteiger charge is -2.36. The summed E-state index contributed by atoms with van der Waals surface area (Å²) in [5.41, 5.74) is 2.55. The van der Waals surface area contributed by atoms with Crippen molar-refractivity contribution in [2.45, 2.75) is 25.8 Å². The molecule has 150 valence electrons. The smallest absolute Gasteiger partial charge is 0.227 e. The summed E-state index contributed by atoms with van der Waals surface area (Å²) in [5, 5.41) is 3.04. The number of ether oxygens (including phenoxy) is 1. The van der Waals surface area contributed by atoms with Crippen LogP contribution in [0.1, 0.15) is 24.2 Å². The molecule has 1 aliphatic heterocycles. The zero-order valence-electron chi connectivity index (χ0n) is 16.2. The molecule has 0 spiro atoms. The second-order valence-electron chi connectivity index (χ2n) is 7.50. The van der Waals surface area contributed by atoms with E-state index in [0.717, 1.165) is 22.5 Å². The Morgan fingerprint density at radius 1 is 1.14 bits per heavy atom. The van der Waals surface area contributed by atoms with Gasteiger partial charge >= 0.3 is 0 Å². The molecule has 1 aromatic heterocycles. The molecular weight excluding hydrogens is 369 g/mol. The fraction of sp³-hybridized carbons (Fsp3) is 0.304. The van der Waals surface area contributed by atoms with E-state index in [2.05, 4.69) is 21.4 Å². The van der Waals surface area contributed by atoms with Gasteiger partial charge in [-0.05, 0) is 48.1 Å². The van der Waals surface area contributed by atoms with Gasteiger partial charge in [0.25, 0.3) is 0 Å². The molecule has 1 fully saturated rings. The first-order chi connectivity index (χ1) is 14.1. The predicted molar refractivity (Wildman–Crippen MR) is 108 cm³/mol. The van der Waals surface area contributed by atoms with Crippen LogP contribution in [0, 0.1) is 11.2 Å². The van der Waals surface area contributed by atoms with E-state index >= 15 is 0 Å². The molecule has 0 unspecified atom stereocenters. The Kier molecular flexibility index (Phi) is 5.71. The average molecular weight is 393 g/mol. The number of imidazole rings is 1. The topological polar surface area (TPSA) is 67.0 Å². The number of aromatic nitrogens is 2. The summed E-state index contributed by atoms with van der Waals surface area (Å²) in [5.74, 6) is 0.516. The van der Waals surface area contributed by atoms with Gasteiger partial charge in [-0.25, -0.2) is 9.37 Å². The summed E-state index contributed by atoms with van der Waals surface area (Å²) < 4.78 is 18.8. The summed E-state index contributed by atoms with van der Waals surface area (Å²) in [4.78, 5) is 20.3. The predicted octanol–water partition coefficient (Wildman–Crippen LogP) is 3.87. The minimum atomic E-state index is -0.508. The molecule has 0 radical (unpaired) electrons. The van der Waals surface area contributed by atoms with Gasteiger partial charge in [0.15, 0.2) is 0 Å². The first-order valence-electron chi connectivity index (χ1n) is 9.84. The quantitative estimate of drug-likeness (QED) is 0.668. The maximum atomic E-state index is 13.2. The zero-order valence-corrected chi connectivity index (χ0v) is 16.2. The Balaban J connectivity index is 1.54. The Hall–Kier alpha value is -2.99. The molecule has 5 nitrogen and oxygen atoms in total. The van der Waals surface area contributed by atoms with E-state index in [1.54, 1.807) is 24.5 Å². The minimum absolute atomic E-state index is 0.0318. The summed E-state index contributed by atoms with van der Waals surface area (Å²) in [6, 6.07) is 14.6. The van der Waals surface area contributed by atoms with E-state index in [9.17, 15) is 9.18 Å². The van der Waals surface area contributed by atoms with Gasteiger partial charge < -0.3 is 15.0 Å². The molecular formula is C23H24FN3O2. The van der Waals surface area contributed by atoms with Crippen molar-refractivity contribution in [1.29, 1.82) is 0 Å². The summed E-state index contributed by atoms with van der Waals surface area (Å²) >= 11 is 0. The Morgan fingerprint density at radius 3 is 2.66 bits per heavy atom. The van der Waals surface area contributed by atoms with Crippen molar-refractivity contribution in [3.8, 4) is 11.1 Å². The third kappa shape index (κ3) is 4.54. The second kappa shape index (κ2) is 8.57. The Morgan fingerprint density at radius 2 is 1.93 bits per heavy atom. The molecule has 0 atom stereocenters. The molecule has 0 saturated carbocycles. The summed E-state index contributed by atoms with van der Waals surface area (Å²) in [7, 11) is 0. The Bertz CT molecular complexity index is 949. The largest absolute Gasteiger partial charge is 0.381 e. The van der Waals surface area contributed by atoms with Crippen LogP contribution >= 0.6 is 0 Å². The number of H-pyrrole nitrogens is 1. The summed E-state index contributed by atoms with van der Waals surface area (Å²) in [6.45, 7) is 1.53. The van der Waals surface area contributed by atoms with E-state index in [1.165, 1.54) is 12.1 Å². The third-order valence-corrected chi connectivity index (χ3v) is 5.55. The second-order valence-corrected chi connectivity index (χ2v) is 7.50. The van der Waals surface area contributed by atoms with Crippen LogP contribution < -0.4 is 5.32 Å². The van der Waals surface area contributed by atoms with Gasteiger partial charge in [0.2, 0.25) is 5.91 Å². The third-order valence-electron chi connectivity index (χ3n) is 5.55. The molecule has 1 aliphatic rings. The lowest BCUT2D eigenvalue weighted by Crippen LogP contribution is -2.46. The number of nitrogens with zero attached hydrogens (tertiary/aromatic N) is 1. The number of amides is 1. The van der Waals surface area contributed by atoms with Crippen molar-refractivity contribution in [3.63, 3.8) is 0 Å². The molecule has 2 aromatic carbocycles. The minimum Gasteiger partial charge on any atom is -0.381 e. The number of carbonyl (C=O) groups is 1. The molecule has 1 amide bonds. The maximum absolute atomic E-state index is 13.2. The molecule has 3 aromatic rings. The number of nitrogens with one attached hydrogen (secondary N) is 2. The van der Waals surface area contributed by atoms with Gasteiger partial charge in [-0.15, -0.1) is 0 Å². The van der Waals surface area contributed by atoms with Crippen molar-refractivity contribution in [1.82, 2.24) is 15.3 Å². The number of carbonyl (C=O) groups excluding carboxylic acids is 1. The molecule has 1 saturated heterocycles. The zero-order chi connectivity index (χ0) is 20.1. The first kappa shape index (κ1) is 19.3. The molecule has 2 N–H and O–H groups in total. The highest BCUT2D eigenvalue weighted by Gasteiger charge is 2.40. The van der Waals surface area contributed by atoms with Crippen LogP contribution in [-0.2, 0) is 22.5 Å². The van der Waals surface area contributed by atoms with E-state index in [0.29, 0.717) is 39.0 Å². The number of halogens is 1. The molecule has 0 aliphatic carbocycles. The Labute approximate surface area is 169 Å². The van der Waals surface area contributed by atoms with Crippen LogP contribution in [0.5, 0.6) is 0 Å². The number of hydrogen-bond acceptors (Lipinski definition) is 3. The molecule has 6 heteroatoms. The standard InChI is InChI=1S/C23H24FN3O2/c24-20-6-4-18(5-7-20)19-3-1-2-17(14-19)15-23(8-12-29-13-9-23)22(28)27-16-21-25-10-11-26-21/h1-7,10-11,14H,8-9,12-13,15-16H2,(H,25,26)(H,27,28). The van der Waals surface area contributed by atoms with Crippen molar-refractivity contribution < 1.29 is 13.9 Å². The normalized spacial score (nSPS) is 15.8. The van der Waals surface area contributed by atoms with E-state index < -0.39 is 5.41 Å².